The zero-order valence-electron chi connectivity index (χ0n) is 11.5. The van der Waals surface area contributed by atoms with Gasteiger partial charge in [0.05, 0.1) is 5.69 Å². The summed E-state index contributed by atoms with van der Waals surface area (Å²) < 4.78 is 28.3. The van der Waals surface area contributed by atoms with Gasteiger partial charge in [0, 0.05) is 10.7 Å². The maximum atomic E-state index is 12.6. The van der Waals surface area contributed by atoms with Gasteiger partial charge in [-0.2, -0.15) is 0 Å². The van der Waals surface area contributed by atoms with E-state index in [1.54, 1.807) is 0 Å². The van der Waals surface area contributed by atoms with Crippen molar-refractivity contribution in [2.75, 3.05) is 10.1 Å². The first kappa shape index (κ1) is 15.7. The lowest BCUT2D eigenvalue weighted by atomic mass is 10.1. The van der Waals surface area contributed by atoms with Gasteiger partial charge in [-0.05, 0) is 47.0 Å². The molecule has 0 saturated carbocycles. The Bertz CT molecular complexity index is 757. The van der Waals surface area contributed by atoms with Crippen LogP contribution in [0.3, 0.4) is 0 Å². The standard InChI is InChI=1S/C13H15BrN4O2S/c1-8-4-3-5-9(2)12(8)18-21(19,20)11-6-10(14)7-16-13(11)17-15/h3-7,18H,15H2,1-2H3,(H,16,17). The number of hydrogen-bond donors (Lipinski definition) is 3. The van der Waals surface area contributed by atoms with Gasteiger partial charge in [0.2, 0.25) is 0 Å². The average Bonchev–Trinajstić information content (AvgIpc) is 2.43. The predicted octanol–water partition coefficient (Wildman–Crippen LogP) is 2.55. The van der Waals surface area contributed by atoms with Crippen LogP contribution in [0, 0.1) is 13.8 Å². The maximum absolute atomic E-state index is 12.6. The van der Waals surface area contributed by atoms with Gasteiger partial charge in [0.25, 0.3) is 10.0 Å². The van der Waals surface area contributed by atoms with Crippen LogP contribution in [0.15, 0.2) is 39.8 Å². The van der Waals surface area contributed by atoms with Crippen LogP contribution in [0.2, 0.25) is 0 Å². The van der Waals surface area contributed by atoms with Gasteiger partial charge in [-0.3, -0.25) is 4.72 Å². The van der Waals surface area contributed by atoms with Crippen LogP contribution < -0.4 is 16.0 Å². The highest BCUT2D eigenvalue weighted by molar-refractivity contribution is 9.10. The average molecular weight is 371 g/mol. The summed E-state index contributed by atoms with van der Waals surface area (Å²) in [4.78, 5) is 3.92. The number of pyridine rings is 1. The van der Waals surface area contributed by atoms with Gasteiger partial charge in [0.1, 0.15) is 4.90 Å². The quantitative estimate of drug-likeness (QED) is 0.567. The Kier molecular flexibility index (Phi) is 4.50. The Hall–Kier alpha value is -1.64. The molecule has 4 N–H and O–H groups in total. The molecular formula is C13H15BrN4O2S. The zero-order chi connectivity index (χ0) is 15.6. The minimum atomic E-state index is -3.81. The number of aromatic nitrogens is 1. The fraction of sp³-hybridized carbons (Fsp3) is 0.154. The number of benzene rings is 1. The molecule has 0 radical (unpaired) electrons. The highest BCUT2D eigenvalue weighted by Gasteiger charge is 2.21. The van der Waals surface area contributed by atoms with Gasteiger partial charge in [-0.25, -0.2) is 19.2 Å². The van der Waals surface area contributed by atoms with Crippen molar-refractivity contribution in [3.05, 3.63) is 46.1 Å². The number of nitrogens with zero attached hydrogens (tertiary/aromatic N) is 1. The van der Waals surface area contributed by atoms with Crippen LogP contribution in [0.4, 0.5) is 11.5 Å². The van der Waals surface area contributed by atoms with Crippen molar-refractivity contribution >= 4 is 37.5 Å². The van der Waals surface area contributed by atoms with E-state index >= 15 is 0 Å². The number of rotatable bonds is 4. The number of nitrogens with one attached hydrogen (secondary N) is 2. The molecule has 6 nitrogen and oxygen atoms in total. The molecule has 21 heavy (non-hydrogen) atoms. The van der Waals surface area contributed by atoms with Crippen LogP contribution in [-0.4, -0.2) is 13.4 Å². The molecule has 0 amide bonds. The first-order valence-corrected chi connectivity index (χ1v) is 8.34. The monoisotopic (exact) mass is 370 g/mol. The molecule has 2 aromatic rings. The first-order valence-electron chi connectivity index (χ1n) is 6.06. The number of nitrogens with two attached hydrogens (primary N) is 1. The van der Waals surface area contributed by atoms with Gasteiger partial charge >= 0.3 is 0 Å². The molecule has 0 aliphatic heterocycles. The molecule has 0 aliphatic rings. The third-order valence-electron chi connectivity index (χ3n) is 2.96. The Labute approximate surface area is 131 Å². The number of anilines is 2. The van der Waals surface area contributed by atoms with E-state index in [-0.39, 0.29) is 10.7 Å². The summed E-state index contributed by atoms with van der Waals surface area (Å²) in [6.07, 6.45) is 1.47. The van der Waals surface area contributed by atoms with Gasteiger partial charge in [-0.15, -0.1) is 0 Å². The zero-order valence-corrected chi connectivity index (χ0v) is 13.9. The molecular weight excluding hydrogens is 356 g/mol. The van der Waals surface area contributed by atoms with E-state index in [2.05, 4.69) is 31.1 Å². The van der Waals surface area contributed by atoms with Crippen molar-refractivity contribution in [1.29, 1.82) is 0 Å². The summed E-state index contributed by atoms with van der Waals surface area (Å²) in [5.74, 6) is 5.41. The van der Waals surface area contributed by atoms with Gasteiger partial charge in [0.15, 0.2) is 5.82 Å². The molecule has 0 bridgehead atoms. The minimum absolute atomic E-state index is 0.0259. The lowest BCUT2D eigenvalue weighted by molar-refractivity contribution is 0.601. The number of nitrogen functional groups attached to an aromatic ring is 1. The van der Waals surface area contributed by atoms with E-state index < -0.39 is 10.0 Å². The molecule has 1 aromatic heterocycles. The Morgan fingerprint density at radius 1 is 1.24 bits per heavy atom. The van der Waals surface area contributed by atoms with E-state index in [4.69, 9.17) is 5.84 Å². The van der Waals surface area contributed by atoms with Crippen molar-refractivity contribution < 1.29 is 8.42 Å². The molecule has 0 spiro atoms. The number of aryl methyl sites for hydroxylation is 2. The highest BCUT2D eigenvalue weighted by Crippen LogP contribution is 2.27. The van der Waals surface area contributed by atoms with E-state index in [0.29, 0.717) is 10.2 Å². The lowest BCUT2D eigenvalue weighted by Gasteiger charge is -2.15. The van der Waals surface area contributed by atoms with Crippen molar-refractivity contribution in [1.82, 2.24) is 4.98 Å². The summed E-state index contributed by atoms with van der Waals surface area (Å²) in [6.45, 7) is 3.68. The fourth-order valence-corrected chi connectivity index (χ4v) is 3.73. The first-order chi connectivity index (χ1) is 9.85. The topological polar surface area (TPSA) is 97.1 Å². The highest BCUT2D eigenvalue weighted by atomic mass is 79.9. The summed E-state index contributed by atoms with van der Waals surface area (Å²) in [7, 11) is -3.81. The second-order valence-electron chi connectivity index (χ2n) is 4.52. The lowest BCUT2D eigenvalue weighted by Crippen LogP contribution is -2.19. The van der Waals surface area contributed by atoms with Crippen molar-refractivity contribution in [3.63, 3.8) is 0 Å². The SMILES string of the molecule is Cc1cccc(C)c1NS(=O)(=O)c1cc(Br)cnc1NN. The number of halogens is 1. The number of hydrazine groups is 1. The number of hydrogen-bond acceptors (Lipinski definition) is 5. The smallest absolute Gasteiger partial charge is 0.265 e. The Morgan fingerprint density at radius 2 is 1.86 bits per heavy atom. The summed E-state index contributed by atoms with van der Waals surface area (Å²) in [5.41, 5.74) is 4.52. The van der Waals surface area contributed by atoms with Crippen LogP contribution in [-0.2, 0) is 10.0 Å². The van der Waals surface area contributed by atoms with Crippen molar-refractivity contribution in [2.45, 2.75) is 18.7 Å². The summed E-state index contributed by atoms with van der Waals surface area (Å²) in [6, 6.07) is 6.99. The van der Waals surface area contributed by atoms with E-state index in [0.717, 1.165) is 11.1 Å². The van der Waals surface area contributed by atoms with Crippen LogP contribution in [0.5, 0.6) is 0 Å². The van der Waals surface area contributed by atoms with Crippen molar-refractivity contribution in [2.24, 2.45) is 5.84 Å². The van der Waals surface area contributed by atoms with E-state index in [1.807, 2.05) is 32.0 Å². The van der Waals surface area contributed by atoms with Crippen molar-refractivity contribution in [3.8, 4) is 0 Å². The Balaban J connectivity index is 2.51. The molecule has 2 rings (SSSR count). The van der Waals surface area contributed by atoms with E-state index in [9.17, 15) is 8.42 Å². The minimum Gasteiger partial charge on any atom is -0.307 e. The predicted molar refractivity (Wildman–Crippen MR) is 86.5 cm³/mol. The second-order valence-corrected chi connectivity index (χ2v) is 7.08. The molecule has 1 heterocycles. The number of sulfonamides is 1. The molecule has 0 atom stereocenters. The third-order valence-corrected chi connectivity index (χ3v) is 4.76. The van der Waals surface area contributed by atoms with Gasteiger partial charge in [-0.1, -0.05) is 18.2 Å². The summed E-state index contributed by atoms with van der Waals surface area (Å²) in [5, 5.41) is 0. The Morgan fingerprint density at radius 3 is 2.43 bits per heavy atom. The fourth-order valence-electron chi connectivity index (χ4n) is 1.90. The largest absolute Gasteiger partial charge is 0.307 e. The van der Waals surface area contributed by atoms with E-state index in [1.165, 1.54) is 12.3 Å². The second kappa shape index (κ2) is 6.00. The van der Waals surface area contributed by atoms with Crippen LogP contribution >= 0.6 is 15.9 Å². The molecule has 1 aromatic carbocycles. The van der Waals surface area contributed by atoms with Gasteiger partial charge < -0.3 is 5.43 Å². The molecule has 0 saturated heterocycles. The normalized spacial score (nSPS) is 11.2. The number of para-hydroxylation sites is 1. The van der Waals surface area contributed by atoms with Crippen LogP contribution in [0.1, 0.15) is 11.1 Å². The maximum Gasteiger partial charge on any atom is 0.265 e. The molecule has 112 valence electrons. The third kappa shape index (κ3) is 3.34. The van der Waals surface area contributed by atoms with Crippen LogP contribution in [0.25, 0.3) is 0 Å². The molecule has 0 unspecified atom stereocenters. The summed E-state index contributed by atoms with van der Waals surface area (Å²) >= 11 is 3.21. The molecule has 8 heteroatoms. The molecule has 0 fully saturated rings. The molecule has 0 aliphatic carbocycles.